The first kappa shape index (κ1) is 15.3. The van der Waals surface area contributed by atoms with Crippen LogP contribution in [0.3, 0.4) is 0 Å². The third kappa shape index (κ3) is 2.48. The Balaban J connectivity index is 1.93. The van der Waals surface area contributed by atoms with Gasteiger partial charge in [-0.1, -0.05) is 26.0 Å². The lowest BCUT2D eigenvalue weighted by molar-refractivity contribution is 0.282. The van der Waals surface area contributed by atoms with Gasteiger partial charge in [0, 0.05) is 25.0 Å². The van der Waals surface area contributed by atoms with Crippen LogP contribution in [0.1, 0.15) is 44.0 Å². The summed E-state index contributed by atoms with van der Waals surface area (Å²) in [6, 6.07) is 11.1. The Morgan fingerprint density at radius 2 is 1.77 bits per heavy atom. The maximum absolute atomic E-state index is 12.9. The molecule has 1 aliphatic heterocycles. The molecule has 0 saturated carbocycles. The fourth-order valence-corrected chi connectivity index (χ4v) is 4.64. The SMILES string of the molecule is CC(C)c1ccc(S(=O)(=O)N2CCn3cccc3[C@H]2C)cc1. The maximum Gasteiger partial charge on any atom is 0.243 e. The standard InChI is InChI=1S/C17H22N2O2S/c1-13(2)15-6-8-16(9-7-15)22(20,21)19-12-11-18-10-4-5-17(18)14(19)3/h4-10,13-14H,11-12H2,1-3H3/t14-/m1/s1. The van der Waals surface area contributed by atoms with E-state index in [2.05, 4.69) is 18.4 Å². The molecular weight excluding hydrogens is 296 g/mol. The summed E-state index contributed by atoms with van der Waals surface area (Å²) < 4.78 is 29.6. The summed E-state index contributed by atoms with van der Waals surface area (Å²) in [4.78, 5) is 0.378. The van der Waals surface area contributed by atoms with Crippen LogP contribution in [0, 0.1) is 0 Å². The van der Waals surface area contributed by atoms with Gasteiger partial charge in [-0.3, -0.25) is 0 Å². The number of fused-ring (bicyclic) bond motifs is 1. The summed E-state index contributed by atoms with van der Waals surface area (Å²) in [7, 11) is -3.45. The second kappa shape index (κ2) is 5.56. The van der Waals surface area contributed by atoms with Gasteiger partial charge < -0.3 is 4.57 Å². The summed E-state index contributed by atoms with van der Waals surface area (Å²) >= 11 is 0. The molecule has 1 aromatic carbocycles. The molecule has 2 aromatic rings. The number of sulfonamides is 1. The molecule has 1 aromatic heterocycles. The maximum atomic E-state index is 12.9. The number of hydrogen-bond donors (Lipinski definition) is 0. The number of hydrogen-bond acceptors (Lipinski definition) is 2. The van der Waals surface area contributed by atoms with E-state index in [4.69, 9.17) is 0 Å². The van der Waals surface area contributed by atoms with Crippen molar-refractivity contribution in [2.45, 2.75) is 44.2 Å². The smallest absolute Gasteiger partial charge is 0.243 e. The minimum Gasteiger partial charge on any atom is -0.349 e. The minimum atomic E-state index is -3.45. The third-order valence-corrected chi connectivity index (χ3v) is 6.42. The van der Waals surface area contributed by atoms with Gasteiger partial charge >= 0.3 is 0 Å². The molecule has 0 N–H and O–H groups in total. The van der Waals surface area contributed by atoms with Crippen molar-refractivity contribution in [1.82, 2.24) is 8.87 Å². The molecule has 0 saturated heterocycles. The van der Waals surface area contributed by atoms with Crippen molar-refractivity contribution in [3.63, 3.8) is 0 Å². The van der Waals surface area contributed by atoms with E-state index in [1.165, 1.54) is 0 Å². The molecule has 0 fully saturated rings. The molecule has 3 rings (SSSR count). The van der Waals surface area contributed by atoms with E-state index in [-0.39, 0.29) is 6.04 Å². The van der Waals surface area contributed by atoms with Crippen LogP contribution in [0.15, 0.2) is 47.5 Å². The molecule has 2 heterocycles. The fraction of sp³-hybridized carbons (Fsp3) is 0.412. The van der Waals surface area contributed by atoms with E-state index in [9.17, 15) is 8.42 Å². The van der Waals surface area contributed by atoms with Gasteiger partial charge in [0.2, 0.25) is 10.0 Å². The Hall–Kier alpha value is -1.59. The van der Waals surface area contributed by atoms with Crippen LogP contribution in [0.4, 0.5) is 0 Å². The predicted molar refractivity (Wildman–Crippen MR) is 87.3 cm³/mol. The predicted octanol–water partition coefficient (Wildman–Crippen LogP) is 3.38. The van der Waals surface area contributed by atoms with Crippen LogP contribution in [-0.4, -0.2) is 23.8 Å². The van der Waals surface area contributed by atoms with Gasteiger partial charge in [-0.05, 0) is 42.7 Å². The molecule has 118 valence electrons. The molecule has 0 radical (unpaired) electrons. The van der Waals surface area contributed by atoms with Gasteiger partial charge in [0.15, 0.2) is 0 Å². The molecule has 5 heteroatoms. The number of rotatable bonds is 3. The highest BCUT2D eigenvalue weighted by molar-refractivity contribution is 7.89. The minimum absolute atomic E-state index is 0.140. The molecule has 0 amide bonds. The van der Waals surface area contributed by atoms with E-state index in [0.717, 1.165) is 11.3 Å². The molecule has 4 nitrogen and oxygen atoms in total. The summed E-state index contributed by atoms with van der Waals surface area (Å²) in [6.07, 6.45) is 2.01. The van der Waals surface area contributed by atoms with Crippen LogP contribution in [0.2, 0.25) is 0 Å². The van der Waals surface area contributed by atoms with Gasteiger partial charge in [-0.2, -0.15) is 4.31 Å². The molecule has 1 atom stereocenters. The lowest BCUT2D eigenvalue weighted by Crippen LogP contribution is -2.40. The summed E-state index contributed by atoms with van der Waals surface area (Å²) in [6.45, 7) is 7.37. The van der Waals surface area contributed by atoms with E-state index in [0.29, 0.717) is 23.9 Å². The zero-order valence-corrected chi connectivity index (χ0v) is 14.0. The van der Waals surface area contributed by atoms with E-state index >= 15 is 0 Å². The first-order chi connectivity index (χ1) is 10.4. The van der Waals surface area contributed by atoms with Crippen LogP contribution >= 0.6 is 0 Å². The molecule has 0 bridgehead atoms. The van der Waals surface area contributed by atoms with Crippen molar-refractivity contribution >= 4 is 10.0 Å². The zero-order chi connectivity index (χ0) is 15.9. The van der Waals surface area contributed by atoms with E-state index in [1.54, 1.807) is 16.4 Å². The molecule has 0 unspecified atom stereocenters. The normalized spacial score (nSPS) is 19.4. The van der Waals surface area contributed by atoms with Gasteiger partial charge in [-0.25, -0.2) is 8.42 Å². The lowest BCUT2D eigenvalue weighted by Gasteiger charge is -2.33. The third-order valence-electron chi connectivity index (χ3n) is 4.44. The van der Waals surface area contributed by atoms with E-state index in [1.807, 2.05) is 37.4 Å². The monoisotopic (exact) mass is 318 g/mol. The van der Waals surface area contributed by atoms with Crippen molar-refractivity contribution in [3.05, 3.63) is 53.9 Å². The van der Waals surface area contributed by atoms with Crippen LogP contribution in [0.25, 0.3) is 0 Å². The van der Waals surface area contributed by atoms with Crippen molar-refractivity contribution in [1.29, 1.82) is 0 Å². The van der Waals surface area contributed by atoms with Gasteiger partial charge in [0.1, 0.15) is 0 Å². The molecule has 22 heavy (non-hydrogen) atoms. The number of benzene rings is 1. The summed E-state index contributed by atoms with van der Waals surface area (Å²) in [5.74, 6) is 0.397. The van der Waals surface area contributed by atoms with Crippen LogP contribution < -0.4 is 0 Å². The molecular formula is C17H22N2O2S. The first-order valence-corrected chi connectivity index (χ1v) is 9.12. The molecule has 1 aliphatic rings. The fourth-order valence-electron chi connectivity index (χ4n) is 3.05. The summed E-state index contributed by atoms with van der Waals surface area (Å²) in [5, 5.41) is 0. The number of aromatic nitrogens is 1. The second-order valence-electron chi connectivity index (χ2n) is 6.14. The Morgan fingerprint density at radius 3 is 2.41 bits per heavy atom. The van der Waals surface area contributed by atoms with Crippen LogP contribution in [0.5, 0.6) is 0 Å². The van der Waals surface area contributed by atoms with E-state index < -0.39 is 10.0 Å². The Labute approximate surface area is 132 Å². The largest absolute Gasteiger partial charge is 0.349 e. The van der Waals surface area contributed by atoms with Crippen molar-refractivity contribution < 1.29 is 8.42 Å². The number of nitrogens with zero attached hydrogens (tertiary/aromatic N) is 2. The van der Waals surface area contributed by atoms with Crippen molar-refractivity contribution in [3.8, 4) is 0 Å². The Kier molecular flexibility index (Phi) is 3.87. The first-order valence-electron chi connectivity index (χ1n) is 7.68. The van der Waals surface area contributed by atoms with Gasteiger partial charge in [0.05, 0.1) is 10.9 Å². The van der Waals surface area contributed by atoms with Crippen molar-refractivity contribution in [2.75, 3.05) is 6.54 Å². The lowest BCUT2D eigenvalue weighted by atomic mass is 10.0. The average Bonchev–Trinajstić information content (AvgIpc) is 2.97. The molecule has 0 aliphatic carbocycles. The highest BCUT2D eigenvalue weighted by atomic mass is 32.2. The quantitative estimate of drug-likeness (QED) is 0.870. The zero-order valence-electron chi connectivity index (χ0n) is 13.2. The Morgan fingerprint density at radius 1 is 1.09 bits per heavy atom. The highest BCUT2D eigenvalue weighted by Gasteiger charge is 2.33. The Bertz CT molecular complexity index is 760. The average molecular weight is 318 g/mol. The highest BCUT2D eigenvalue weighted by Crippen LogP contribution is 2.31. The molecule has 0 spiro atoms. The summed E-state index contributed by atoms with van der Waals surface area (Å²) in [5.41, 5.74) is 2.20. The van der Waals surface area contributed by atoms with Crippen LogP contribution in [-0.2, 0) is 16.6 Å². The second-order valence-corrected chi connectivity index (χ2v) is 8.03. The van der Waals surface area contributed by atoms with Gasteiger partial charge in [0.25, 0.3) is 0 Å². The van der Waals surface area contributed by atoms with Crippen molar-refractivity contribution in [2.24, 2.45) is 0 Å². The topological polar surface area (TPSA) is 42.3 Å². The van der Waals surface area contributed by atoms with Gasteiger partial charge in [-0.15, -0.1) is 0 Å².